The standard InChI is InChI=1S/2C18H40N2.C9H20O4.C8H18O4.C6H14O3.25CH4/c1-15(2,3)19(16(4,5)6)13-14-20(17(7,8)9)18(10,11)12;1-15(2)11-19(12-16(3)4)9-10-20(13-17(5)6)14-18(7)8;1-8(10)6-12-4-5-13-9(2)7-11-3;1-8(12-4-3-9)7-11-6-5-10-2;1-6(5-8-2)9-4-3-7;;;;;;;;;;;;;;;;;;;;;;;;;/h13-14H2,1-12H3;15-18H,9-14H2,1-8H3;8-10H,4-7H2,1-3H3;8-9H,3-7H2,1-2H3;6-7H,3-5H2,1-2H3;25*1H4. The van der Waals surface area contributed by atoms with E-state index >= 15 is 0 Å². The fraction of sp³-hybridized carbons (Fsp3) is 1.00. The minimum atomic E-state index is -0.406. The lowest BCUT2D eigenvalue weighted by Gasteiger charge is -2.50. The predicted molar refractivity (Wildman–Crippen MR) is 482 cm³/mol. The van der Waals surface area contributed by atoms with Crippen LogP contribution in [0.15, 0.2) is 0 Å². The van der Waals surface area contributed by atoms with Crippen LogP contribution in [-0.4, -0.2) is 234 Å². The maximum absolute atomic E-state index is 8.86. The van der Waals surface area contributed by atoms with E-state index in [0.717, 1.165) is 36.8 Å². The molecule has 0 spiro atoms. The summed E-state index contributed by atoms with van der Waals surface area (Å²) < 4.78 is 40.3. The summed E-state index contributed by atoms with van der Waals surface area (Å²) in [5.41, 5.74) is 0.777. The summed E-state index contributed by atoms with van der Waals surface area (Å²) >= 11 is 0. The second-order valence-electron chi connectivity index (χ2n) is 25.5. The van der Waals surface area contributed by atoms with E-state index in [1.165, 1.54) is 39.3 Å². The molecule has 654 valence electrons. The third-order valence-electron chi connectivity index (χ3n) is 10.6. The van der Waals surface area contributed by atoms with Crippen molar-refractivity contribution in [3.05, 3.63) is 0 Å². The highest BCUT2D eigenvalue weighted by Crippen LogP contribution is 2.28. The fourth-order valence-electron chi connectivity index (χ4n) is 8.49. The molecule has 99 heavy (non-hydrogen) atoms. The Hall–Kier alpha value is -0.600. The van der Waals surface area contributed by atoms with Gasteiger partial charge in [0.1, 0.15) is 0 Å². The van der Waals surface area contributed by atoms with Gasteiger partial charge in [-0.15, -0.1) is 0 Å². The molecule has 0 radical (unpaired) electrons. The van der Waals surface area contributed by atoms with Gasteiger partial charge < -0.3 is 63.0 Å². The first-order chi connectivity index (χ1) is 34.0. The molecule has 0 aromatic heterocycles. The lowest BCUT2D eigenvalue weighted by atomic mass is 9.93. The Kier molecular flexibility index (Phi) is 239. The van der Waals surface area contributed by atoms with Crippen LogP contribution < -0.4 is 0 Å². The predicted octanol–water partition coefficient (Wildman–Crippen LogP) is 25.4. The molecule has 0 saturated heterocycles. The number of ether oxygens (including phenoxy) is 8. The number of aliphatic hydroxyl groups is 3. The van der Waals surface area contributed by atoms with Crippen molar-refractivity contribution in [1.82, 2.24) is 19.6 Å². The molecular formula is C84H232N4O11. The molecule has 0 saturated carbocycles. The summed E-state index contributed by atoms with van der Waals surface area (Å²) in [6.45, 7) is 68.6. The molecule has 0 amide bonds. The van der Waals surface area contributed by atoms with Gasteiger partial charge in [-0.1, -0.05) is 241 Å². The average Bonchev–Trinajstić information content (AvgIpc) is 3.22. The first-order valence-corrected chi connectivity index (χ1v) is 28.3. The third-order valence-corrected chi connectivity index (χ3v) is 10.6. The van der Waals surface area contributed by atoms with Crippen molar-refractivity contribution < 1.29 is 53.2 Å². The van der Waals surface area contributed by atoms with E-state index in [-0.39, 0.29) is 239 Å². The number of nitrogens with zero attached hydrogens (tertiary/aromatic N) is 4. The summed E-state index contributed by atoms with van der Waals surface area (Å²) in [5.74, 6) is 3.05. The normalized spacial score (nSPS) is 10.6. The monoisotopic (exact) mass is 1470 g/mol. The SMILES string of the molecule is C.C.C.C.C.C.C.C.C.C.C.C.C.C.C.C.C.C.C.C.C.C.C.C.C.CC(C)(C)N(CCN(C(C)(C)C)C(C)(C)C)C(C)(C)C.CC(C)CN(CCN(CC(C)C)CC(C)C)CC(C)C.COCC(C)OCCO.COCC(C)OCCOCC(C)O.COCCOCC(C)OCCO. The van der Waals surface area contributed by atoms with Crippen LogP contribution in [0.25, 0.3) is 0 Å². The van der Waals surface area contributed by atoms with Crippen molar-refractivity contribution in [2.45, 2.75) is 398 Å². The first kappa shape index (κ1) is 200. The molecule has 0 rings (SSSR count). The van der Waals surface area contributed by atoms with Gasteiger partial charge in [-0.05, 0) is 134 Å². The summed E-state index contributed by atoms with van der Waals surface area (Å²) in [6, 6.07) is 0. The largest absolute Gasteiger partial charge is 0.394 e. The van der Waals surface area contributed by atoms with Crippen molar-refractivity contribution in [3.63, 3.8) is 0 Å². The van der Waals surface area contributed by atoms with Crippen molar-refractivity contribution in [3.8, 4) is 0 Å². The van der Waals surface area contributed by atoms with Crippen LogP contribution in [0.4, 0.5) is 0 Å². The van der Waals surface area contributed by atoms with Gasteiger partial charge in [0.25, 0.3) is 0 Å². The Morgan fingerprint density at radius 3 is 0.677 bits per heavy atom. The molecule has 0 aliphatic rings. The second kappa shape index (κ2) is 118. The van der Waals surface area contributed by atoms with Gasteiger partial charge in [0.2, 0.25) is 0 Å². The molecule has 0 fully saturated rings. The van der Waals surface area contributed by atoms with E-state index in [2.05, 4.69) is 158 Å². The Morgan fingerprint density at radius 1 is 0.273 bits per heavy atom. The highest BCUT2D eigenvalue weighted by molar-refractivity contribution is 4.91. The molecule has 15 nitrogen and oxygen atoms in total. The number of aliphatic hydroxyl groups excluding tert-OH is 3. The van der Waals surface area contributed by atoms with Gasteiger partial charge >= 0.3 is 0 Å². The van der Waals surface area contributed by atoms with E-state index in [9.17, 15) is 0 Å². The Bertz CT molecular complexity index is 1060. The number of hydrogen-bond donors (Lipinski definition) is 3. The van der Waals surface area contributed by atoms with Gasteiger partial charge in [0, 0.05) is 95.8 Å². The van der Waals surface area contributed by atoms with Crippen molar-refractivity contribution >= 4 is 0 Å². The lowest BCUT2D eigenvalue weighted by Crippen LogP contribution is -2.59. The minimum Gasteiger partial charge on any atom is -0.394 e. The molecule has 4 unspecified atom stereocenters. The maximum atomic E-state index is 8.86. The van der Waals surface area contributed by atoms with Crippen LogP contribution in [0.1, 0.15) is 352 Å². The highest BCUT2D eigenvalue weighted by atomic mass is 16.6. The minimum absolute atomic E-state index is 0. The Labute approximate surface area is 645 Å². The van der Waals surface area contributed by atoms with Crippen LogP contribution in [0, 0.1) is 23.7 Å². The summed E-state index contributed by atoms with van der Waals surface area (Å²) in [7, 11) is 4.90. The van der Waals surface area contributed by atoms with Crippen LogP contribution in [0.3, 0.4) is 0 Å². The lowest BCUT2D eigenvalue weighted by molar-refractivity contribution is -0.0318. The van der Waals surface area contributed by atoms with E-state index in [1.807, 2.05) is 20.8 Å². The fourth-order valence-corrected chi connectivity index (χ4v) is 8.49. The molecule has 0 aromatic carbocycles. The summed E-state index contributed by atoms with van der Waals surface area (Å²) in [4.78, 5) is 10.5. The van der Waals surface area contributed by atoms with Crippen molar-refractivity contribution in [1.29, 1.82) is 0 Å². The van der Waals surface area contributed by atoms with Gasteiger partial charge in [-0.25, -0.2) is 0 Å². The zero-order chi connectivity index (χ0) is 58.7. The molecule has 4 atom stereocenters. The van der Waals surface area contributed by atoms with Crippen LogP contribution in [0.2, 0.25) is 0 Å². The average molecular weight is 1470 g/mol. The van der Waals surface area contributed by atoms with Gasteiger partial charge in [-0.3, -0.25) is 9.80 Å². The maximum Gasteiger partial charge on any atom is 0.0781 e. The molecular weight excluding hydrogens is 1240 g/mol. The quantitative estimate of drug-likeness (QED) is 0.0517. The topological polar surface area (TPSA) is 147 Å². The van der Waals surface area contributed by atoms with Gasteiger partial charge in [0.05, 0.1) is 104 Å². The molecule has 0 heterocycles. The summed E-state index contributed by atoms with van der Waals surface area (Å²) in [6.07, 6.45) is -0.187. The third kappa shape index (κ3) is 148. The van der Waals surface area contributed by atoms with E-state index in [0.29, 0.717) is 66.1 Å². The van der Waals surface area contributed by atoms with E-state index in [4.69, 9.17) is 53.2 Å². The second-order valence-corrected chi connectivity index (χ2v) is 25.5. The number of rotatable bonds is 35. The van der Waals surface area contributed by atoms with Crippen molar-refractivity contribution in [2.24, 2.45) is 23.7 Å². The highest BCUT2D eigenvalue weighted by Gasteiger charge is 2.35. The molecule has 0 bridgehead atoms. The zero-order valence-electron chi connectivity index (χ0n) is 54.2. The van der Waals surface area contributed by atoms with Crippen LogP contribution >= 0.6 is 0 Å². The Morgan fingerprint density at radius 2 is 0.485 bits per heavy atom. The molecule has 0 aromatic rings. The van der Waals surface area contributed by atoms with E-state index < -0.39 is 6.10 Å². The molecule has 3 N–H and O–H groups in total. The van der Waals surface area contributed by atoms with Gasteiger partial charge in [-0.2, -0.15) is 0 Å². The first-order valence-electron chi connectivity index (χ1n) is 28.3. The smallest absolute Gasteiger partial charge is 0.0781 e. The molecule has 15 heteroatoms. The molecule has 0 aliphatic heterocycles. The van der Waals surface area contributed by atoms with Crippen LogP contribution in [0.5, 0.6) is 0 Å². The number of methoxy groups -OCH3 is 3. The molecule has 0 aliphatic carbocycles. The van der Waals surface area contributed by atoms with Gasteiger partial charge in [0.15, 0.2) is 0 Å². The Balaban J connectivity index is -0.0000000206. The number of hydrogen-bond acceptors (Lipinski definition) is 15. The van der Waals surface area contributed by atoms with E-state index in [1.54, 1.807) is 28.3 Å². The van der Waals surface area contributed by atoms with Crippen molar-refractivity contribution in [2.75, 3.05) is 153 Å². The summed E-state index contributed by atoms with van der Waals surface area (Å²) in [5, 5.41) is 25.6. The van der Waals surface area contributed by atoms with Crippen LogP contribution in [-0.2, 0) is 37.9 Å². The zero-order valence-corrected chi connectivity index (χ0v) is 54.2.